The molecule has 0 saturated carbocycles. The molecule has 1 unspecified atom stereocenters. The summed E-state index contributed by atoms with van der Waals surface area (Å²) in [5, 5.41) is 11.5. The van der Waals surface area contributed by atoms with E-state index in [-0.39, 0.29) is 16.7 Å². The van der Waals surface area contributed by atoms with Crippen molar-refractivity contribution in [3.63, 3.8) is 0 Å². The number of sulfonamides is 1. The number of benzene rings is 1. The fraction of sp³-hybridized carbons (Fsp3) is 0.625. The van der Waals surface area contributed by atoms with Crippen molar-refractivity contribution in [3.05, 3.63) is 28.3 Å². The van der Waals surface area contributed by atoms with Crippen LogP contribution >= 0.6 is 0 Å². The number of hydrogen-bond donors (Lipinski definition) is 0. The summed E-state index contributed by atoms with van der Waals surface area (Å²) < 4.78 is 32.0. The maximum atomic E-state index is 12.6. The fourth-order valence-corrected chi connectivity index (χ4v) is 4.52. The molecule has 140 valence electrons. The zero-order valence-corrected chi connectivity index (χ0v) is 15.7. The Kier molecular flexibility index (Phi) is 6.36. The lowest BCUT2D eigenvalue weighted by Crippen LogP contribution is -2.31. The third kappa shape index (κ3) is 4.28. The van der Waals surface area contributed by atoms with Gasteiger partial charge in [0.05, 0.1) is 15.9 Å². The maximum absolute atomic E-state index is 12.6. The highest BCUT2D eigenvalue weighted by molar-refractivity contribution is 7.89. The number of anilines is 1. The Bertz CT molecular complexity index is 712. The second kappa shape index (κ2) is 8.11. The van der Waals surface area contributed by atoms with Crippen LogP contribution < -0.4 is 4.90 Å². The predicted octanol–water partition coefficient (Wildman–Crippen LogP) is 2.24. The molecule has 1 heterocycles. The van der Waals surface area contributed by atoms with Gasteiger partial charge >= 0.3 is 0 Å². The average Bonchev–Trinajstić information content (AvgIpc) is 3.08. The molecular formula is C16H25N3O5S. The fourth-order valence-electron chi connectivity index (χ4n) is 3.04. The van der Waals surface area contributed by atoms with Crippen LogP contribution in [0.25, 0.3) is 0 Å². The molecule has 0 aromatic heterocycles. The SMILES string of the molecule is CCN(CC)S(=O)(=O)c1ccc(N(C)CC2CCCO2)c([N+](=O)[O-])c1. The van der Waals surface area contributed by atoms with E-state index >= 15 is 0 Å². The largest absolute Gasteiger partial charge is 0.376 e. The first kappa shape index (κ1) is 19.6. The lowest BCUT2D eigenvalue weighted by molar-refractivity contribution is -0.384. The minimum absolute atomic E-state index is 0.0451. The van der Waals surface area contributed by atoms with Crippen molar-refractivity contribution in [2.45, 2.75) is 37.7 Å². The Labute approximate surface area is 148 Å². The molecule has 1 fully saturated rings. The van der Waals surface area contributed by atoms with Crippen LogP contribution in [0.4, 0.5) is 11.4 Å². The third-order valence-corrected chi connectivity index (χ3v) is 6.45. The van der Waals surface area contributed by atoms with E-state index in [4.69, 9.17) is 4.74 Å². The average molecular weight is 371 g/mol. The Hall–Kier alpha value is -1.71. The van der Waals surface area contributed by atoms with E-state index < -0.39 is 14.9 Å². The van der Waals surface area contributed by atoms with Gasteiger partial charge in [0.15, 0.2) is 0 Å². The second-order valence-corrected chi connectivity index (χ2v) is 7.95. The van der Waals surface area contributed by atoms with Crippen LogP contribution in [0.5, 0.6) is 0 Å². The van der Waals surface area contributed by atoms with Crippen molar-refractivity contribution in [2.75, 3.05) is 38.2 Å². The molecule has 1 aromatic rings. The Morgan fingerprint density at radius 3 is 2.52 bits per heavy atom. The molecular weight excluding hydrogens is 346 g/mol. The summed E-state index contributed by atoms with van der Waals surface area (Å²) in [5.41, 5.74) is 0.174. The van der Waals surface area contributed by atoms with Gasteiger partial charge < -0.3 is 9.64 Å². The summed E-state index contributed by atoms with van der Waals surface area (Å²) in [5.74, 6) is 0. The first-order valence-corrected chi connectivity index (χ1v) is 9.86. The number of nitrogens with zero attached hydrogens (tertiary/aromatic N) is 3. The summed E-state index contributed by atoms with van der Waals surface area (Å²) in [6.45, 7) is 5.34. The molecule has 25 heavy (non-hydrogen) atoms. The van der Waals surface area contributed by atoms with Gasteiger partial charge in [0.2, 0.25) is 10.0 Å². The van der Waals surface area contributed by atoms with Gasteiger partial charge in [-0.1, -0.05) is 13.8 Å². The van der Waals surface area contributed by atoms with Crippen LogP contribution in [-0.2, 0) is 14.8 Å². The third-order valence-electron chi connectivity index (χ3n) is 4.40. The molecule has 8 nitrogen and oxygen atoms in total. The van der Waals surface area contributed by atoms with Crippen molar-refractivity contribution < 1.29 is 18.1 Å². The number of nitro benzene ring substituents is 1. The molecule has 0 N–H and O–H groups in total. The zero-order valence-electron chi connectivity index (χ0n) is 14.8. The minimum Gasteiger partial charge on any atom is -0.376 e. The highest BCUT2D eigenvalue weighted by atomic mass is 32.2. The van der Waals surface area contributed by atoms with Gasteiger partial charge in [-0.3, -0.25) is 10.1 Å². The number of ether oxygens (including phenoxy) is 1. The maximum Gasteiger partial charge on any atom is 0.293 e. The van der Waals surface area contributed by atoms with Gasteiger partial charge in [-0.05, 0) is 25.0 Å². The summed E-state index contributed by atoms with van der Waals surface area (Å²) in [7, 11) is -1.98. The van der Waals surface area contributed by atoms with Gasteiger partial charge in [-0.25, -0.2) is 8.42 Å². The van der Waals surface area contributed by atoms with Crippen molar-refractivity contribution in [2.24, 2.45) is 0 Å². The molecule has 1 aliphatic heterocycles. The molecule has 1 aliphatic rings. The lowest BCUT2D eigenvalue weighted by Gasteiger charge is -2.23. The Morgan fingerprint density at radius 2 is 2.00 bits per heavy atom. The van der Waals surface area contributed by atoms with Crippen LogP contribution in [-0.4, -0.2) is 57.0 Å². The lowest BCUT2D eigenvalue weighted by atomic mass is 10.2. The predicted molar refractivity (Wildman–Crippen MR) is 95.4 cm³/mol. The monoisotopic (exact) mass is 371 g/mol. The molecule has 0 spiro atoms. The van der Waals surface area contributed by atoms with Crippen molar-refractivity contribution in [3.8, 4) is 0 Å². The Balaban J connectivity index is 2.35. The molecule has 0 bridgehead atoms. The Morgan fingerprint density at radius 1 is 1.32 bits per heavy atom. The standard InChI is InChI=1S/C16H25N3O5S/c1-4-18(5-2)25(22,23)14-8-9-15(16(11-14)19(20)21)17(3)12-13-7-6-10-24-13/h8-9,11,13H,4-7,10,12H2,1-3H3. The van der Waals surface area contributed by atoms with Crippen LogP contribution in [0.3, 0.4) is 0 Å². The molecule has 1 saturated heterocycles. The van der Waals surface area contributed by atoms with Gasteiger partial charge in [0.25, 0.3) is 5.69 Å². The zero-order chi connectivity index (χ0) is 18.6. The number of nitro groups is 1. The summed E-state index contributed by atoms with van der Waals surface area (Å²) in [6.07, 6.45) is 1.96. The van der Waals surface area contributed by atoms with Gasteiger partial charge in [-0.15, -0.1) is 0 Å². The first-order chi connectivity index (χ1) is 11.8. The quantitative estimate of drug-likeness (QED) is 0.514. The van der Waals surface area contributed by atoms with Gasteiger partial charge in [0.1, 0.15) is 5.69 Å². The van der Waals surface area contributed by atoms with Gasteiger partial charge in [-0.2, -0.15) is 4.31 Å². The van der Waals surface area contributed by atoms with E-state index in [0.717, 1.165) is 18.9 Å². The van der Waals surface area contributed by atoms with E-state index in [2.05, 4.69) is 0 Å². The number of hydrogen-bond acceptors (Lipinski definition) is 6. The molecule has 0 amide bonds. The molecule has 9 heteroatoms. The number of likely N-dealkylation sites (N-methyl/N-ethyl adjacent to an activating group) is 1. The normalized spacial score (nSPS) is 17.8. The topological polar surface area (TPSA) is 93.0 Å². The van der Waals surface area contributed by atoms with Crippen molar-refractivity contribution >= 4 is 21.4 Å². The molecule has 0 aliphatic carbocycles. The molecule has 1 aromatic carbocycles. The van der Waals surface area contributed by atoms with E-state index in [9.17, 15) is 18.5 Å². The highest BCUT2D eigenvalue weighted by Crippen LogP contribution is 2.32. The summed E-state index contributed by atoms with van der Waals surface area (Å²) in [4.78, 5) is 12.6. The van der Waals surface area contributed by atoms with Crippen LogP contribution in [0.2, 0.25) is 0 Å². The molecule has 1 atom stereocenters. The number of rotatable bonds is 8. The van der Waals surface area contributed by atoms with Crippen LogP contribution in [0, 0.1) is 10.1 Å². The van der Waals surface area contributed by atoms with Crippen LogP contribution in [0.15, 0.2) is 23.1 Å². The smallest absolute Gasteiger partial charge is 0.293 e. The second-order valence-electron chi connectivity index (χ2n) is 6.01. The molecule has 2 rings (SSSR count). The van der Waals surface area contributed by atoms with Crippen molar-refractivity contribution in [1.29, 1.82) is 0 Å². The van der Waals surface area contributed by atoms with E-state index in [1.54, 1.807) is 25.8 Å². The van der Waals surface area contributed by atoms with Crippen molar-refractivity contribution in [1.82, 2.24) is 4.31 Å². The summed E-state index contributed by atoms with van der Waals surface area (Å²) in [6, 6.07) is 4.08. The van der Waals surface area contributed by atoms with Crippen LogP contribution in [0.1, 0.15) is 26.7 Å². The van der Waals surface area contributed by atoms with Gasteiger partial charge in [0, 0.05) is 39.4 Å². The molecule has 0 radical (unpaired) electrons. The first-order valence-electron chi connectivity index (χ1n) is 8.42. The van der Waals surface area contributed by atoms with E-state index in [0.29, 0.717) is 31.9 Å². The van der Waals surface area contributed by atoms with E-state index in [1.807, 2.05) is 0 Å². The summed E-state index contributed by atoms with van der Waals surface area (Å²) >= 11 is 0. The van der Waals surface area contributed by atoms with E-state index in [1.165, 1.54) is 16.4 Å². The highest BCUT2D eigenvalue weighted by Gasteiger charge is 2.27. The minimum atomic E-state index is -3.74.